The standard InChI is InChI=1S/C20H20ClN3O2/c1-4-25-13-22-18-11-15(3)19(12-14(18)2)26-20-9-10-24(23-20)17-7-5-16(21)6-8-17/h5-13H,4H2,1-3H3/b22-13+. The van der Waals surface area contributed by atoms with Gasteiger partial charge in [-0.15, -0.1) is 5.10 Å². The molecule has 1 aromatic heterocycles. The van der Waals surface area contributed by atoms with Crippen LogP contribution >= 0.6 is 11.6 Å². The molecule has 0 saturated heterocycles. The Morgan fingerprint density at radius 3 is 2.62 bits per heavy atom. The maximum atomic E-state index is 5.96. The van der Waals surface area contributed by atoms with Gasteiger partial charge < -0.3 is 9.47 Å². The minimum absolute atomic E-state index is 0.521. The Hall–Kier alpha value is -2.79. The van der Waals surface area contributed by atoms with Crippen LogP contribution in [-0.2, 0) is 4.74 Å². The molecule has 1 heterocycles. The molecule has 3 rings (SSSR count). The van der Waals surface area contributed by atoms with Crippen molar-refractivity contribution in [3.8, 4) is 17.3 Å². The molecule has 26 heavy (non-hydrogen) atoms. The van der Waals surface area contributed by atoms with Crippen LogP contribution in [-0.4, -0.2) is 22.8 Å². The number of nitrogens with zero attached hydrogens (tertiary/aromatic N) is 3. The topological polar surface area (TPSA) is 48.6 Å². The third-order valence-electron chi connectivity index (χ3n) is 3.80. The molecule has 0 atom stereocenters. The smallest absolute Gasteiger partial charge is 0.238 e. The molecule has 2 aromatic carbocycles. The second kappa shape index (κ2) is 8.06. The summed E-state index contributed by atoms with van der Waals surface area (Å²) in [5.41, 5.74) is 3.74. The Morgan fingerprint density at radius 2 is 1.88 bits per heavy atom. The Bertz CT molecular complexity index is 917. The van der Waals surface area contributed by atoms with Gasteiger partial charge in [-0.2, -0.15) is 0 Å². The van der Waals surface area contributed by atoms with Gasteiger partial charge in [0.05, 0.1) is 18.0 Å². The van der Waals surface area contributed by atoms with Crippen LogP contribution in [0.4, 0.5) is 5.69 Å². The molecule has 0 radical (unpaired) electrons. The zero-order chi connectivity index (χ0) is 18.5. The molecule has 134 valence electrons. The van der Waals surface area contributed by atoms with E-state index in [1.54, 1.807) is 4.68 Å². The lowest BCUT2D eigenvalue weighted by atomic mass is 10.1. The normalized spacial score (nSPS) is 11.1. The first-order chi connectivity index (χ1) is 12.6. The molecular weight excluding hydrogens is 350 g/mol. The van der Waals surface area contributed by atoms with E-state index in [1.165, 1.54) is 6.40 Å². The van der Waals surface area contributed by atoms with Crippen LogP contribution in [0.5, 0.6) is 11.6 Å². The summed E-state index contributed by atoms with van der Waals surface area (Å²) < 4.78 is 12.9. The number of aliphatic imine (C=N–C) groups is 1. The molecule has 3 aromatic rings. The SMILES string of the molecule is CCO/C=N/c1cc(C)c(Oc2ccn(-c3ccc(Cl)cc3)n2)cc1C. The van der Waals surface area contributed by atoms with Crippen LogP contribution in [0.3, 0.4) is 0 Å². The van der Waals surface area contributed by atoms with Gasteiger partial charge in [0, 0.05) is 17.3 Å². The van der Waals surface area contributed by atoms with Crippen LogP contribution in [0.15, 0.2) is 53.7 Å². The van der Waals surface area contributed by atoms with E-state index in [1.807, 2.05) is 69.4 Å². The number of ether oxygens (including phenoxy) is 2. The van der Waals surface area contributed by atoms with Gasteiger partial charge in [-0.3, -0.25) is 0 Å². The maximum Gasteiger partial charge on any atom is 0.238 e. The lowest BCUT2D eigenvalue weighted by Crippen LogP contribution is -1.95. The van der Waals surface area contributed by atoms with Gasteiger partial charge in [0.25, 0.3) is 0 Å². The number of hydrogen-bond donors (Lipinski definition) is 0. The second-order valence-electron chi connectivity index (χ2n) is 5.77. The van der Waals surface area contributed by atoms with E-state index in [4.69, 9.17) is 21.1 Å². The highest BCUT2D eigenvalue weighted by Gasteiger charge is 2.09. The van der Waals surface area contributed by atoms with E-state index < -0.39 is 0 Å². The fourth-order valence-corrected chi connectivity index (χ4v) is 2.53. The molecule has 0 aliphatic rings. The number of hydrogen-bond acceptors (Lipinski definition) is 4. The van der Waals surface area contributed by atoms with Crippen molar-refractivity contribution in [2.24, 2.45) is 4.99 Å². The van der Waals surface area contributed by atoms with Crippen molar-refractivity contribution in [2.45, 2.75) is 20.8 Å². The van der Waals surface area contributed by atoms with E-state index >= 15 is 0 Å². The molecule has 5 nitrogen and oxygen atoms in total. The summed E-state index contributed by atoms with van der Waals surface area (Å²) in [5.74, 6) is 1.27. The maximum absolute atomic E-state index is 5.96. The van der Waals surface area contributed by atoms with Gasteiger partial charge in [0.1, 0.15) is 5.75 Å². The highest BCUT2D eigenvalue weighted by molar-refractivity contribution is 6.30. The summed E-state index contributed by atoms with van der Waals surface area (Å²) in [6, 6.07) is 13.2. The molecule has 0 aliphatic heterocycles. The molecule has 0 bridgehead atoms. The average molecular weight is 370 g/mol. The van der Waals surface area contributed by atoms with Crippen molar-refractivity contribution in [1.82, 2.24) is 9.78 Å². The van der Waals surface area contributed by atoms with Crippen molar-refractivity contribution in [3.63, 3.8) is 0 Å². The molecule has 0 unspecified atom stereocenters. The molecule has 0 fully saturated rings. The molecule has 0 aliphatic carbocycles. The summed E-state index contributed by atoms with van der Waals surface area (Å²) in [4.78, 5) is 4.32. The summed E-state index contributed by atoms with van der Waals surface area (Å²) in [6.45, 7) is 6.48. The minimum atomic E-state index is 0.521. The summed E-state index contributed by atoms with van der Waals surface area (Å²) in [7, 11) is 0. The second-order valence-corrected chi connectivity index (χ2v) is 6.21. The zero-order valence-corrected chi connectivity index (χ0v) is 15.7. The third kappa shape index (κ3) is 4.24. The molecule has 0 spiro atoms. The largest absolute Gasteiger partial charge is 0.483 e. The Kier molecular flexibility index (Phi) is 5.58. The predicted octanol–water partition coefficient (Wildman–Crippen LogP) is 5.63. The first-order valence-corrected chi connectivity index (χ1v) is 8.69. The Morgan fingerprint density at radius 1 is 1.12 bits per heavy atom. The van der Waals surface area contributed by atoms with Gasteiger partial charge in [-0.05, 0) is 68.3 Å². The molecule has 0 amide bonds. The fraction of sp³-hybridized carbons (Fsp3) is 0.200. The third-order valence-corrected chi connectivity index (χ3v) is 4.05. The lowest BCUT2D eigenvalue weighted by Gasteiger charge is -2.09. The quantitative estimate of drug-likeness (QED) is 0.418. The number of rotatable bonds is 6. The number of halogens is 1. The first-order valence-electron chi connectivity index (χ1n) is 8.31. The van der Waals surface area contributed by atoms with Gasteiger partial charge >= 0.3 is 0 Å². The van der Waals surface area contributed by atoms with Crippen molar-refractivity contribution in [1.29, 1.82) is 0 Å². The predicted molar refractivity (Wildman–Crippen MR) is 104 cm³/mol. The van der Waals surface area contributed by atoms with E-state index in [2.05, 4.69) is 10.1 Å². The summed E-state index contributed by atoms with van der Waals surface area (Å²) in [5, 5.41) is 5.15. The Balaban J connectivity index is 1.79. The van der Waals surface area contributed by atoms with E-state index in [9.17, 15) is 0 Å². The number of aryl methyl sites for hydroxylation is 2. The first kappa shape index (κ1) is 18.0. The molecular formula is C20H20ClN3O2. The van der Waals surface area contributed by atoms with Crippen molar-refractivity contribution < 1.29 is 9.47 Å². The van der Waals surface area contributed by atoms with E-state index in [0.717, 1.165) is 28.3 Å². The van der Waals surface area contributed by atoms with Crippen molar-refractivity contribution in [2.75, 3.05) is 6.61 Å². The van der Waals surface area contributed by atoms with Crippen molar-refractivity contribution in [3.05, 3.63) is 64.8 Å². The van der Waals surface area contributed by atoms with Crippen LogP contribution in [0, 0.1) is 13.8 Å². The molecule has 0 N–H and O–H groups in total. The van der Waals surface area contributed by atoms with Crippen molar-refractivity contribution >= 4 is 23.7 Å². The van der Waals surface area contributed by atoms with Crippen LogP contribution < -0.4 is 4.74 Å². The minimum Gasteiger partial charge on any atom is -0.483 e. The van der Waals surface area contributed by atoms with Crippen LogP contribution in [0.2, 0.25) is 5.02 Å². The summed E-state index contributed by atoms with van der Waals surface area (Å²) >= 11 is 5.92. The van der Waals surface area contributed by atoms with Gasteiger partial charge in [0.15, 0.2) is 6.40 Å². The summed E-state index contributed by atoms with van der Waals surface area (Å²) in [6.07, 6.45) is 3.32. The van der Waals surface area contributed by atoms with Crippen LogP contribution in [0.25, 0.3) is 5.69 Å². The highest BCUT2D eigenvalue weighted by atomic mass is 35.5. The van der Waals surface area contributed by atoms with Gasteiger partial charge in [-0.1, -0.05) is 11.6 Å². The van der Waals surface area contributed by atoms with Gasteiger partial charge in [-0.25, -0.2) is 9.67 Å². The fourth-order valence-electron chi connectivity index (χ4n) is 2.40. The number of benzene rings is 2. The van der Waals surface area contributed by atoms with Gasteiger partial charge in [0.2, 0.25) is 5.88 Å². The van der Waals surface area contributed by atoms with E-state index in [-0.39, 0.29) is 0 Å². The lowest BCUT2D eigenvalue weighted by molar-refractivity contribution is 0.344. The molecule has 0 saturated carbocycles. The monoisotopic (exact) mass is 369 g/mol. The number of aromatic nitrogens is 2. The zero-order valence-electron chi connectivity index (χ0n) is 14.9. The Labute approximate surface area is 157 Å². The molecule has 6 heteroatoms. The average Bonchev–Trinajstić information content (AvgIpc) is 3.08. The highest BCUT2D eigenvalue weighted by Crippen LogP contribution is 2.31. The van der Waals surface area contributed by atoms with Crippen LogP contribution in [0.1, 0.15) is 18.1 Å². The van der Waals surface area contributed by atoms with E-state index in [0.29, 0.717) is 17.5 Å².